The standard InChI is InChI=1S/C19H15ClN2O3S/c20-11-12-3-5-13(6-4-12)18(23)21-16-10-14(17-2-1-9-26-17)7-8-15(16)22-19(24)25/h1-10,22H,11H2,(H,21,23)(H,24,25). The van der Waals surface area contributed by atoms with E-state index in [0.717, 1.165) is 16.0 Å². The third-order valence-corrected chi connectivity index (χ3v) is 4.91. The Morgan fingerprint density at radius 3 is 2.38 bits per heavy atom. The molecule has 0 saturated heterocycles. The second-order valence-corrected chi connectivity index (χ2v) is 6.67. The van der Waals surface area contributed by atoms with Gasteiger partial charge in [0.15, 0.2) is 0 Å². The van der Waals surface area contributed by atoms with Crippen molar-refractivity contribution in [2.75, 3.05) is 10.6 Å². The van der Waals surface area contributed by atoms with Crippen molar-refractivity contribution in [2.24, 2.45) is 0 Å². The molecule has 0 fully saturated rings. The van der Waals surface area contributed by atoms with Gasteiger partial charge in [0, 0.05) is 16.3 Å². The van der Waals surface area contributed by atoms with Gasteiger partial charge in [-0.25, -0.2) is 4.79 Å². The molecule has 0 aliphatic carbocycles. The third-order valence-electron chi connectivity index (χ3n) is 3.69. The topological polar surface area (TPSA) is 78.4 Å². The lowest BCUT2D eigenvalue weighted by Crippen LogP contribution is -2.15. The van der Waals surface area contributed by atoms with Crippen molar-refractivity contribution in [3.8, 4) is 10.4 Å². The van der Waals surface area contributed by atoms with Gasteiger partial charge in [0.2, 0.25) is 0 Å². The number of carbonyl (C=O) groups excluding carboxylic acids is 1. The van der Waals surface area contributed by atoms with Gasteiger partial charge in [0.25, 0.3) is 5.91 Å². The number of benzene rings is 2. The number of carbonyl (C=O) groups is 2. The highest BCUT2D eigenvalue weighted by molar-refractivity contribution is 7.13. The summed E-state index contributed by atoms with van der Waals surface area (Å²) >= 11 is 7.32. The van der Waals surface area contributed by atoms with E-state index in [-0.39, 0.29) is 5.91 Å². The number of hydrogen-bond donors (Lipinski definition) is 3. The maximum Gasteiger partial charge on any atom is 0.409 e. The van der Waals surface area contributed by atoms with Crippen LogP contribution in [0.5, 0.6) is 0 Å². The molecule has 1 aromatic heterocycles. The molecule has 5 nitrogen and oxygen atoms in total. The van der Waals surface area contributed by atoms with E-state index in [1.807, 2.05) is 23.6 Å². The molecule has 3 aromatic rings. The van der Waals surface area contributed by atoms with Crippen LogP contribution in [0.3, 0.4) is 0 Å². The summed E-state index contributed by atoms with van der Waals surface area (Å²) in [6, 6.07) is 16.0. The molecular formula is C19H15ClN2O3S. The summed E-state index contributed by atoms with van der Waals surface area (Å²) < 4.78 is 0. The Morgan fingerprint density at radius 2 is 1.77 bits per heavy atom. The summed E-state index contributed by atoms with van der Waals surface area (Å²) in [6.07, 6.45) is -1.20. The quantitative estimate of drug-likeness (QED) is 0.507. The maximum atomic E-state index is 12.5. The minimum absolute atomic E-state index is 0.309. The Kier molecular flexibility index (Phi) is 5.55. The fraction of sp³-hybridized carbons (Fsp3) is 0.0526. The molecule has 0 aliphatic heterocycles. The number of amides is 2. The summed E-state index contributed by atoms with van der Waals surface area (Å²) in [5.41, 5.74) is 2.97. The Morgan fingerprint density at radius 1 is 1.00 bits per heavy atom. The molecule has 0 unspecified atom stereocenters. The van der Waals surface area contributed by atoms with Crippen molar-refractivity contribution in [3.05, 3.63) is 71.1 Å². The van der Waals surface area contributed by atoms with Crippen LogP contribution in [0, 0.1) is 0 Å². The van der Waals surface area contributed by atoms with Crippen LogP contribution in [-0.4, -0.2) is 17.1 Å². The van der Waals surface area contributed by atoms with Crippen LogP contribution in [0.15, 0.2) is 60.0 Å². The molecular weight excluding hydrogens is 372 g/mol. The molecule has 3 rings (SSSR count). The van der Waals surface area contributed by atoms with Gasteiger partial charge in [-0.05, 0) is 46.8 Å². The number of nitrogens with one attached hydrogen (secondary N) is 2. The largest absolute Gasteiger partial charge is 0.465 e. The molecule has 2 amide bonds. The number of thiophene rings is 1. The summed E-state index contributed by atoms with van der Waals surface area (Å²) in [7, 11) is 0. The molecule has 0 bridgehead atoms. The van der Waals surface area contributed by atoms with Gasteiger partial charge in [-0.2, -0.15) is 0 Å². The molecule has 1 heterocycles. The predicted molar refractivity (Wildman–Crippen MR) is 105 cm³/mol. The number of alkyl halides is 1. The third kappa shape index (κ3) is 4.22. The Bertz CT molecular complexity index is 924. The van der Waals surface area contributed by atoms with Crippen LogP contribution < -0.4 is 10.6 Å². The normalized spacial score (nSPS) is 10.3. The lowest BCUT2D eigenvalue weighted by atomic mass is 10.1. The first-order valence-electron chi connectivity index (χ1n) is 7.71. The van der Waals surface area contributed by atoms with Gasteiger partial charge in [-0.1, -0.05) is 24.3 Å². The van der Waals surface area contributed by atoms with Gasteiger partial charge in [0.1, 0.15) is 0 Å². The van der Waals surface area contributed by atoms with Gasteiger partial charge in [-0.15, -0.1) is 22.9 Å². The Hall–Kier alpha value is -2.83. The number of anilines is 2. The van der Waals surface area contributed by atoms with Crippen molar-refractivity contribution in [3.63, 3.8) is 0 Å². The molecule has 0 aliphatic rings. The van der Waals surface area contributed by atoms with E-state index >= 15 is 0 Å². The van der Waals surface area contributed by atoms with Crippen LogP contribution in [0.2, 0.25) is 0 Å². The van der Waals surface area contributed by atoms with Crippen molar-refractivity contribution in [2.45, 2.75) is 5.88 Å². The van der Waals surface area contributed by atoms with E-state index in [0.29, 0.717) is 22.8 Å². The SMILES string of the molecule is O=C(O)Nc1ccc(-c2cccs2)cc1NC(=O)c1ccc(CCl)cc1. The van der Waals surface area contributed by atoms with Crippen LogP contribution in [-0.2, 0) is 5.88 Å². The number of rotatable bonds is 5. The second-order valence-electron chi connectivity index (χ2n) is 5.45. The zero-order chi connectivity index (χ0) is 18.5. The van der Waals surface area contributed by atoms with Crippen molar-refractivity contribution in [1.29, 1.82) is 0 Å². The Balaban J connectivity index is 1.91. The van der Waals surface area contributed by atoms with Gasteiger partial charge < -0.3 is 10.4 Å². The average Bonchev–Trinajstić information content (AvgIpc) is 3.17. The number of halogens is 1. The van der Waals surface area contributed by atoms with E-state index in [1.54, 1.807) is 47.7 Å². The molecule has 132 valence electrons. The van der Waals surface area contributed by atoms with Crippen molar-refractivity contribution in [1.82, 2.24) is 0 Å². The molecule has 0 atom stereocenters. The van der Waals surface area contributed by atoms with Gasteiger partial charge >= 0.3 is 6.09 Å². The molecule has 0 spiro atoms. The van der Waals surface area contributed by atoms with Gasteiger partial charge in [-0.3, -0.25) is 10.1 Å². The minimum Gasteiger partial charge on any atom is -0.465 e. The van der Waals surface area contributed by atoms with Crippen LogP contribution in [0.1, 0.15) is 15.9 Å². The van der Waals surface area contributed by atoms with Crippen LogP contribution in [0.25, 0.3) is 10.4 Å². The summed E-state index contributed by atoms with van der Waals surface area (Å²) in [5, 5.41) is 16.1. The highest BCUT2D eigenvalue weighted by Gasteiger charge is 2.13. The van der Waals surface area contributed by atoms with Crippen molar-refractivity contribution >= 4 is 46.3 Å². The minimum atomic E-state index is -1.20. The van der Waals surface area contributed by atoms with E-state index in [1.165, 1.54) is 0 Å². The lowest BCUT2D eigenvalue weighted by molar-refractivity contribution is 0.102. The highest BCUT2D eigenvalue weighted by Crippen LogP contribution is 2.32. The monoisotopic (exact) mass is 386 g/mol. The molecule has 0 saturated carbocycles. The van der Waals surface area contributed by atoms with E-state index < -0.39 is 6.09 Å². The van der Waals surface area contributed by atoms with E-state index in [4.69, 9.17) is 16.7 Å². The first kappa shape index (κ1) is 18.0. The summed E-state index contributed by atoms with van der Waals surface area (Å²) in [4.78, 5) is 24.6. The first-order chi connectivity index (χ1) is 12.6. The second kappa shape index (κ2) is 8.03. The average molecular weight is 387 g/mol. The summed E-state index contributed by atoms with van der Waals surface area (Å²) in [5.74, 6) is 0.0418. The predicted octanol–water partition coefficient (Wildman–Crippen LogP) is 5.50. The van der Waals surface area contributed by atoms with Crippen LogP contribution in [0.4, 0.5) is 16.2 Å². The fourth-order valence-electron chi connectivity index (χ4n) is 2.41. The molecule has 2 aromatic carbocycles. The fourth-order valence-corrected chi connectivity index (χ4v) is 3.31. The van der Waals surface area contributed by atoms with Crippen molar-refractivity contribution < 1.29 is 14.7 Å². The summed E-state index contributed by atoms with van der Waals surface area (Å²) in [6.45, 7) is 0. The number of carboxylic acid groups (broad SMARTS) is 1. The maximum absolute atomic E-state index is 12.5. The first-order valence-corrected chi connectivity index (χ1v) is 9.12. The van der Waals surface area contributed by atoms with Gasteiger partial charge in [0.05, 0.1) is 11.4 Å². The lowest BCUT2D eigenvalue weighted by Gasteiger charge is -2.13. The highest BCUT2D eigenvalue weighted by atomic mass is 35.5. The zero-order valence-electron chi connectivity index (χ0n) is 13.5. The molecule has 3 N–H and O–H groups in total. The smallest absolute Gasteiger partial charge is 0.409 e. The van der Waals surface area contributed by atoms with Crippen LogP contribution >= 0.6 is 22.9 Å². The molecule has 7 heteroatoms. The Labute approximate surface area is 159 Å². The van der Waals surface area contributed by atoms with E-state index in [9.17, 15) is 9.59 Å². The zero-order valence-corrected chi connectivity index (χ0v) is 15.1. The van der Waals surface area contributed by atoms with E-state index in [2.05, 4.69) is 10.6 Å². The number of hydrogen-bond acceptors (Lipinski definition) is 3. The molecule has 26 heavy (non-hydrogen) atoms. The molecule has 0 radical (unpaired) electrons.